The van der Waals surface area contributed by atoms with Gasteiger partial charge < -0.3 is 4.90 Å². The van der Waals surface area contributed by atoms with Crippen LogP contribution in [-0.2, 0) is 0 Å². The summed E-state index contributed by atoms with van der Waals surface area (Å²) in [4.78, 5) is 18.2. The van der Waals surface area contributed by atoms with Gasteiger partial charge >= 0.3 is 0 Å². The second-order valence-electron chi connectivity index (χ2n) is 5.23. The van der Waals surface area contributed by atoms with Gasteiger partial charge in [0.2, 0.25) is 0 Å². The first-order valence-electron chi connectivity index (χ1n) is 6.89. The van der Waals surface area contributed by atoms with Crippen LogP contribution in [0.2, 0.25) is 0 Å². The van der Waals surface area contributed by atoms with Crippen LogP contribution in [0.4, 0.5) is 5.69 Å². The van der Waals surface area contributed by atoms with E-state index >= 15 is 0 Å². The molecule has 98 valence electrons. The second-order valence-corrected chi connectivity index (χ2v) is 5.23. The molecule has 0 spiro atoms. The van der Waals surface area contributed by atoms with Crippen molar-refractivity contribution in [1.29, 1.82) is 0 Å². The van der Waals surface area contributed by atoms with Gasteiger partial charge in [-0.1, -0.05) is 13.8 Å². The highest BCUT2D eigenvalue weighted by Gasteiger charge is 2.24. The quantitative estimate of drug-likeness (QED) is 0.767. The van der Waals surface area contributed by atoms with Crippen LogP contribution in [0.15, 0.2) is 18.3 Å². The number of carbonyl (C=O) groups is 1. The first kappa shape index (κ1) is 13.1. The van der Waals surface area contributed by atoms with Crippen LogP contribution in [-0.4, -0.2) is 23.4 Å². The molecule has 0 aliphatic carbocycles. The van der Waals surface area contributed by atoms with Crippen molar-refractivity contribution in [2.75, 3.05) is 11.4 Å². The monoisotopic (exact) mass is 246 g/mol. The summed E-state index contributed by atoms with van der Waals surface area (Å²) in [5.41, 5.74) is 1.72. The number of Topliss-reactive ketones (excluding diaryl/α,β-unsaturated/α-hetero) is 1. The highest BCUT2D eigenvalue weighted by molar-refractivity contribution is 5.94. The maximum atomic E-state index is 11.5. The number of carbonyl (C=O) groups excluding carboxylic acids is 1. The lowest BCUT2D eigenvalue weighted by atomic mass is 9.92. The number of hydrogen-bond donors (Lipinski definition) is 0. The van der Waals surface area contributed by atoms with Gasteiger partial charge in [-0.05, 0) is 37.8 Å². The van der Waals surface area contributed by atoms with Gasteiger partial charge in [0.05, 0.1) is 11.9 Å². The molecule has 3 heteroatoms. The summed E-state index contributed by atoms with van der Waals surface area (Å²) in [5, 5.41) is 0. The maximum absolute atomic E-state index is 11.5. The summed E-state index contributed by atoms with van der Waals surface area (Å²) in [5.74, 6) is 0.831. The lowest BCUT2D eigenvalue weighted by Gasteiger charge is -2.39. The molecule has 2 unspecified atom stereocenters. The Hall–Kier alpha value is -1.38. The van der Waals surface area contributed by atoms with Crippen molar-refractivity contribution in [2.24, 2.45) is 5.92 Å². The molecule has 1 aliphatic heterocycles. The average Bonchev–Trinajstić information content (AvgIpc) is 2.41. The van der Waals surface area contributed by atoms with Crippen molar-refractivity contribution >= 4 is 11.5 Å². The van der Waals surface area contributed by atoms with Crippen molar-refractivity contribution in [2.45, 2.75) is 46.1 Å². The van der Waals surface area contributed by atoms with Crippen molar-refractivity contribution < 1.29 is 4.79 Å². The minimum Gasteiger partial charge on any atom is -0.367 e. The van der Waals surface area contributed by atoms with Crippen LogP contribution >= 0.6 is 0 Å². The molecule has 0 aromatic carbocycles. The van der Waals surface area contributed by atoms with Crippen molar-refractivity contribution in [3.05, 3.63) is 24.0 Å². The first-order valence-corrected chi connectivity index (χ1v) is 6.89. The largest absolute Gasteiger partial charge is 0.367 e. The van der Waals surface area contributed by atoms with Crippen LogP contribution in [0.1, 0.15) is 50.5 Å². The molecule has 2 heterocycles. The molecule has 1 saturated heterocycles. The van der Waals surface area contributed by atoms with Crippen molar-refractivity contribution in [1.82, 2.24) is 4.98 Å². The highest BCUT2D eigenvalue weighted by Crippen LogP contribution is 2.27. The summed E-state index contributed by atoms with van der Waals surface area (Å²) < 4.78 is 0. The molecule has 1 aliphatic rings. The van der Waals surface area contributed by atoms with Gasteiger partial charge in [-0.25, -0.2) is 0 Å². The van der Waals surface area contributed by atoms with Gasteiger partial charge in [0.25, 0.3) is 0 Å². The number of piperidine rings is 1. The number of rotatable bonds is 3. The minimum atomic E-state index is 0.113. The minimum absolute atomic E-state index is 0.113. The Bertz CT molecular complexity index is 413. The lowest BCUT2D eigenvalue weighted by Crippen LogP contribution is -2.42. The van der Waals surface area contributed by atoms with E-state index in [1.165, 1.54) is 12.8 Å². The molecule has 0 amide bonds. The van der Waals surface area contributed by atoms with Crippen LogP contribution in [0.3, 0.4) is 0 Å². The molecule has 2 rings (SSSR count). The SMILES string of the molecule is CCC(=O)c1ccc(N2CCCC(C)C2C)cn1. The Labute approximate surface area is 109 Å². The lowest BCUT2D eigenvalue weighted by molar-refractivity contribution is 0.0983. The normalized spacial score (nSPS) is 24.1. The third-order valence-corrected chi connectivity index (χ3v) is 4.06. The van der Waals surface area contributed by atoms with E-state index in [2.05, 4.69) is 23.7 Å². The number of ketones is 1. The Morgan fingerprint density at radius 2 is 2.22 bits per heavy atom. The fourth-order valence-corrected chi connectivity index (χ4v) is 2.60. The van der Waals surface area contributed by atoms with E-state index in [4.69, 9.17) is 0 Å². The zero-order valence-electron chi connectivity index (χ0n) is 11.5. The zero-order valence-corrected chi connectivity index (χ0v) is 11.5. The van der Waals surface area contributed by atoms with Crippen molar-refractivity contribution in [3.8, 4) is 0 Å². The molecule has 0 saturated carbocycles. The molecule has 2 atom stereocenters. The maximum Gasteiger partial charge on any atom is 0.180 e. The predicted octanol–water partition coefficient (Wildman–Crippen LogP) is 3.30. The van der Waals surface area contributed by atoms with Crippen molar-refractivity contribution in [3.63, 3.8) is 0 Å². The van der Waals surface area contributed by atoms with E-state index < -0.39 is 0 Å². The van der Waals surface area contributed by atoms with E-state index in [-0.39, 0.29) is 5.78 Å². The Morgan fingerprint density at radius 1 is 1.44 bits per heavy atom. The molecule has 1 fully saturated rings. The molecule has 0 radical (unpaired) electrons. The number of nitrogens with zero attached hydrogens (tertiary/aromatic N) is 2. The molecular formula is C15H22N2O. The van der Waals surface area contributed by atoms with Gasteiger partial charge in [0.15, 0.2) is 5.78 Å². The molecule has 0 N–H and O–H groups in total. The Morgan fingerprint density at radius 3 is 2.83 bits per heavy atom. The van der Waals surface area contributed by atoms with Crippen LogP contribution in [0.5, 0.6) is 0 Å². The number of anilines is 1. The summed E-state index contributed by atoms with van der Waals surface area (Å²) in [6, 6.07) is 4.44. The number of aromatic nitrogens is 1. The van der Waals surface area contributed by atoms with Gasteiger partial charge in [0.1, 0.15) is 5.69 Å². The van der Waals surface area contributed by atoms with Gasteiger partial charge in [-0.3, -0.25) is 9.78 Å². The zero-order chi connectivity index (χ0) is 13.1. The average molecular weight is 246 g/mol. The predicted molar refractivity (Wildman–Crippen MR) is 74.1 cm³/mol. The van der Waals surface area contributed by atoms with Gasteiger partial charge in [-0.2, -0.15) is 0 Å². The van der Waals surface area contributed by atoms with E-state index in [9.17, 15) is 4.79 Å². The third kappa shape index (κ3) is 2.55. The van der Waals surface area contributed by atoms with Crippen LogP contribution < -0.4 is 4.90 Å². The molecule has 0 bridgehead atoms. The van der Waals surface area contributed by atoms with E-state index in [1.807, 2.05) is 25.3 Å². The second kappa shape index (κ2) is 5.51. The highest BCUT2D eigenvalue weighted by atomic mass is 16.1. The Kier molecular flexibility index (Phi) is 4.00. The Balaban J connectivity index is 2.16. The molecule has 3 nitrogen and oxygen atoms in total. The van der Waals surface area contributed by atoms with E-state index in [0.29, 0.717) is 18.2 Å². The first-order chi connectivity index (χ1) is 8.63. The van der Waals surface area contributed by atoms with Gasteiger partial charge in [0, 0.05) is 19.0 Å². The summed E-state index contributed by atoms with van der Waals surface area (Å²) >= 11 is 0. The van der Waals surface area contributed by atoms with Crippen LogP contribution in [0, 0.1) is 5.92 Å². The molecule has 1 aromatic heterocycles. The standard InChI is InChI=1S/C15H22N2O/c1-4-15(18)14-8-7-13(10-16-14)17-9-5-6-11(2)12(17)3/h7-8,10-12H,4-6,9H2,1-3H3. The third-order valence-electron chi connectivity index (χ3n) is 4.06. The van der Waals surface area contributed by atoms with E-state index in [0.717, 1.165) is 18.2 Å². The summed E-state index contributed by atoms with van der Waals surface area (Å²) in [6.07, 6.45) is 4.90. The molecule has 1 aromatic rings. The van der Waals surface area contributed by atoms with Crippen LogP contribution in [0.25, 0.3) is 0 Å². The van der Waals surface area contributed by atoms with E-state index in [1.54, 1.807) is 0 Å². The molecule has 18 heavy (non-hydrogen) atoms. The number of hydrogen-bond acceptors (Lipinski definition) is 3. The van der Waals surface area contributed by atoms with Gasteiger partial charge in [-0.15, -0.1) is 0 Å². The fourth-order valence-electron chi connectivity index (χ4n) is 2.60. The summed E-state index contributed by atoms with van der Waals surface area (Å²) in [6.45, 7) is 7.54. The topological polar surface area (TPSA) is 33.2 Å². The number of pyridine rings is 1. The fraction of sp³-hybridized carbons (Fsp3) is 0.600. The smallest absolute Gasteiger partial charge is 0.180 e. The molecular weight excluding hydrogens is 224 g/mol. The summed E-state index contributed by atoms with van der Waals surface area (Å²) in [7, 11) is 0.